The lowest BCUT2D eigenvalue weighted by Crippen LogP contribution is -2.38. The van der Waals surface area contributed by atoms with Crippen molar-refractivity contribution in [1.82, 2.24) is 0 Å². The molecule has 1 fully saturated rings. The van der Waals surface area contributed by atoms with Crippen LogP contribution in [0.2, 0.25) is 0 Å². The maximum absolute atomic E-state index is 8.47. The van der Waals surface area contributed by atoms with E-state index in [0.717, 1.165) is 0 Å². The van der Waals surface area contributed by atoms with E-state index < -0.39 is 5.54 Å². The number of hydrogen-bond acceptors (Lipinski definition) is 3. The zero-order valence-corrected chi connectivity index (χ0v) is 8.80. The smallest absolute Gasteiger partial charge is 0.0468 e. The molecule has 0 spiro atoms. The van der Waals surface area contributed by atoms with E-state index in [0.29, 0.717) is 19.3 Å². The van der Waals surface area contributed by atoms with Crippen LogP contribution in [0.3, 0.4) is 0 Å². The first-order valence-corrected chi connectivity index (χ1v) is 4.78. The monoisotopic (exact) mass is 221 g/mol. The van der Waals surface area contributed by atoms with E-state index in [1.807, 2.05) is 0 Å². The standard InChI is InChI=1S/C7H11N9/c1-7(13-16-10)3-5(11-14-8)2-6(4-7)12-15-9/h5-6H,2-4H2,1H3. The average molecular weight is 221 g/mol. The zero-order valence-electron chi connectivity index (χ0n) is 8.80. The van der Waals surface area contributed by atoms with E-state index in [1.165, 1.54) is 0 Å². The highest BCUT2D eigenvalue weighted by Crippen LogP contribution is 2.35. The van der Waals surface area contributed by atoms with E-state index in [4.69, 9.17) is 16.6 Å². The molecule has 16 heavy (non-hydrogen) atoms. The Balaban J connectivity index is 2.93. The molecule has 0 heterocycles. The molecule has 1 aliphatic carbocycles. The van der Waals surface area contributed by atoms with Crippen LogP contribution in [0.15, 0.2) is 15.3 Å². The van der Waals surface area contributed by atoms with Gasteiger partial charge < -0.3 is 0 Å². The molecule has 0 aromatic carbocycles. The summed E-state index contributed by atoms with van der Waals surface area (Å²) in [6, 6.07) is -0.575. The van der Waals surface area contributed by atoms with Gasteiger partial charge in [-0.3, -0.25) is 0 Å². The SMILES string of the molecule is CC1(N=[N+]=[N-])CC(N=[N+]=[N-])CC(N=[N+]=[N-])C1. The molecule has 9 heteroatoms. The van der Waals surface area contributed by atoms with E-state index in [-0.39, 0.29) is 12.1 Å². The Kier molecular flexibility index (Phi) is 3.85. The van der Waals surface area contributed by atoms with Crippen LogP contribution in [-0.2, 0) is 0 Å². The first-order chi connectivity index (χ1) is 7.63. The third kappa shape index (κ3) is 2.96. The fraction of sp³-hybridized carbons (Fsp3) is 1.00. The molecule has 1 aliphatic rings. The molecule has 2 unspecified atom stereocenters. The van der Waals surface area contributed by atoms with Crippen molar-refractivity contribution >= 4 is 0 Å². The summed E-state index contributed by atoms with van der Waals surface area (Å²) in [5, 5.41) is 10.9. The Bertz CT molecular complexity index is 370. The van der Waals surface area contributed by atoms with Gasteiger partial charge in [0.05, 0.1) is 0 Å². The second kappa shape index (κ2) is 5.14. The third-order valence-electron chi connectivity index (χ3n) is 2.61. The number of azide groups is 3. The van der Waals surface area contributed by atoms with Crippen molar-refractivity contribution in [2.45, 2.75) is 43.8 Å². The van der Waals surface area contributed by atoms with E-state index in [2.05, 4.69) is 30.1 Å². The quantitative estimate of drug-likeness (QED) is 0.389. The van der Waals surface area contributed by atoms with Crippen LogP contribution in [0.1, 0.15) is 26.2 Å². The zero-order chi connectivity index (χ0) is 12.0. The van der Waals surface area contributed by atoms with Crippen LogP contribution in [0.4, 0.5) is 0 Å². The van der Waals surface area contributed by atoms with Crippen LogP contribution < -0.4 is 0 Å². The van der Waals surface area contributed by atoms with Crippen molar-refractivity contribution in [2.75, 3.05) is 0 Å². The fourth-order valence-corrected chi connectivity index (χ4v) is 2.09. The highest BCUT2D eigenvalue weighted by atomic mass is 15.2. The van der Waals surface area contributed by atoms with Gasteiger partial charge in [-0.15, -0.1) is 0 Å². The molecule has 9 nitrogen and oxygen atoms in total. The lowest BCUT2D eigenvalue weighted by Gasteiger charge is -2.35. The largest absolute Gasteiger partial charge is 0.0906 e. The van der Waals surface area contributed by atoms with Gasteiger partial charge in [0, 0.05) is 32.4 Å². The predicted octanol–water partition coefficient (Wildman–Crippen LogP) is 3.60. The lowest BCUT2D eigenvalue weighted by atomic mass is 9.79. The summed E-state index contributed by atoms with van der Waals surface area (Å²) < 4.78 is 0. The van der Waals surface area contributed by atoms with E-state index >= 15 is 0 Å². The maximum Gasteiger partial charge on any atom is 0.0468 e. The summed E-state index contributed by atoms with van der Waals surface area (Å²) in [7, 11) is 0. The van der Waals surface area contributed by atoms with Crippen molar-refractivity contribution in [1.29, 1.82) is 0 Å². The van der Waals surface area contributed by atoms with Gasteiger partial charge in [-0.25, -0.2) is 0 Å². The molecule has 84 valence electrons. The van der Waals surface area contributed by atoms with Crippen LogP contribution in [0, 0.1) is 0 Å². The summed E-state index contributed by atoms with van der Waals surface area (Å²) in [4.78, 5) is 8.25. The minimum atomic E-state index is -0.648. The molecule has 0 saturated heterocycles. The van der Waals surface area contributed by atoms with E-state index in [9.17, 15) is 0 Å². The van der Waals surface area contributed by atoms with Crippen molar-refractivity contribution in [2.24, 2.45) is 15.3 Å². The Hall–Kier alpha value is -2.07. The number of rotatable bonds is 3. The van der Waals surface area contributed by atoms with Crippen LogP contribution in [-0.4, -0.2) is 17.6 Å². The van der Waals surface area contributed by atoms with Gasteiger partial charge in [0.1, 0.15) is 0 Å². The number of hydrogen-bond donors (Lipinski definition) is 0. The average Bonchev–Trinajstić information content (AvgIpc) is 2.17. The molecular weight excluding hydrogens is 210 g/mol. The molecule has 2 atom stereocenters. The van der Waals surface area contributed by atoms with Gasteiger partial charge in [-0.1, -0.05) is 22.3 Å². The fourth-order valence-electron chi connectivity index (χ4n) is 2.09. The minimum Gasteiger partial charge on any atom is -0.0906 e. The van der Waals surface area contributed by atoms with Crippen molar-refractivity contribution in [3.8, 4) is 0 Å². The van der Waals surface area contributed by atoms with E-state index in [1.54, 1.807) is 6.92 Å². The molecule has 0 aromatic rings. The van der Waals surface area contributed by atoms with Crippen LogP contribution in [0.25, 0.3) is 31.3 Å². The second-order valence-corrected chi connectivity index (χ2v) is 4.05. The molecule has 0 N–H and O–H groups in total. The Labute approximate surface area is 91.3 Å². The van der Waals surface area contributed by atoms with Crippen LogP contribution in [0.5, 0.6) is 0 Å². The molecular formula is C7H11N9. The van der Waals surface area contributed by atoms with Gasteiger partial charge in [0.2, 0.25) is 0 Å². The predicted molar refractivity (Wildman–Crippen MR) is 57.3 cm³/mol. The van der Waals surface area contributed by atoms with Crippen molar-refractivity contribution in [3.63, 3.8) is 0 Å². The number of nitrogens with zero attached hydrogens (tertiary/aromatic N) is 9. The van der Waals surface area contributed by atoms with Crippen molar-refractivity contribution in [3.05, 3.63) is 31.3 Å². The summed E-state index contributed by atoms with van der Waals surface area (Å²) in [6.45, 7) is 1.77. The molecule has 0 amide bonds. The normalized spacial score (nSPS) is 32.8. The van der Waals surface area contributed by atoms with Gasteiger partial charge in [-0.05, 0) is 35.9 Å². The summed E-state index contributed by atoms with van der Waals surface area (Å²) in [5.74, 6) is 0. The molecule has 0 aromatic heterocycles. The Morgan fingerprint density at radius 3 is 1.88 bits per heavy atom. The minimum absolute atomic E-state index is 0.287. The molecule has 1 saturated carbocycles. The van der Waals surface area contributed by atoms with Gasteiger partial charge in [0.25, 0.3) is 0 Å². The first kappa shape index (κ1) is 12.0. The maximum atomic E-state index is 8.47. The molecule has 1 rings (SSSR count). The molecule has 0 bridgehead atoms. The van der Waals surface area contributed by atoms with Gasteiger partial charge in [0.15, 0.2) is 0 Å². The summed E-state index contributed by atoms with van der Waals surface area (Å²) in [5.41, 5.74) is 24.6. The van der Waals surface area contributed by atoms with Gasteiger partial charge in [-0.2, -0.15) is 0 Å². The third-order valence-corrected chi connectivity index (χ3v) is 2.61. The van der Waals surface area contributed by atoms with Gasteiger partial charge >= 0.3 is 0 Å². The van der Waals surface area contributed by atoms with Crippen LogP contribution >= 0.6 is 0 Å². The Morgan fingerprint density at radius 2 is 1.50 bits per heavy atom. The molecule has 0 aliphatic heterocycles. The van der Waals surface area contributed by atoms with Crippen molar-refractivity contribution < 1.29 is 0 Å². The summed E-state index contributed by atoms with van der Waals surface area (Å²) in [6.07, 6.45) is 1.47. The highest BCUT2D eigenvalue weighted by molar-refractivity contribution is 4.98. The first-order valence-electron chi connectivity index (χ1n) is 4.78. The topological polar surface area (TPSA) is 146 Å². The molecule has 0 radical (unpaired) electrons. The Morgan fingerprint density at radius 1 is 1.00 bits per heavy atom. The highest BCUT2D eigenvalue weighted by Gasteiger charge is 2.35. The lowest BCUT2D eigenvalue weighted by molar-refractivity contribution is 0.263. The second-order valence-electron chi connectivity index (χ2n) is 4.05. The summed E-state index contributed by atoms with van der Waals surface area (Å²) >= 11 is 0.